The summed E-state index contributed by atoms with van der Waals surface area (Å²) in [4.78, 5) is 14.9. The number of carbonyl (C=O) groups is 1. The van der Waals surface area contributed by atoms with E-state index in [1.165, 1.54) is 0 Å². The van der Waals surface area contributed by atoms with Crippen LogP contribution in [0.25, 0.3) is 0 Å². The van der Waals surface area contributed by atoms with E-state index in [1.54, 1.807) is 30.3 Å². The molecule has 2 aromatic carbocycles. The SMILES string of the molecule is CN(C)CCC(NC(=O)c1ccc(COc2cccc(Cl)c2Cl)o1)c1ccc(Cl)cc1. The predicted molar refractivity (Wildman–Crippen MR) is 124 cm³/mol. The quantitative estimate of drug-likeness (QED) is 0.393. The van der Waals surface area contributed by atoms with E-state index in [2.05, 4.69) is 10.2 Å². The van der Waals surface area contributed by atoms with Gasteiger partial charge in [0, 0.05) is 5.02 Å². The lowest BCUT2D eigenvalue weighted by molar-refractivity contribution is 0.0900. The maximum Gasteiger partial charge on any atom is 0.287 e. The van der Waals surface area contributed by atoms with Gasteiger partial charge < -0.3 is 19.4 Å². The molecule has 1 aromatic heterocycles. The number of carbonyl (C=O) groups excluding carboxylic acids is 1. The molecule has 0 saturated heterocycles. The van der Waals surface area contributed by atoms with Gasteiger partial charge >= 0.3 is 0 Å². The largest absolute Gasteiger partial charge is 0.484 e. The molecule has 0 fully saturated rings. The van der Waals surface area contributed by atoms with Gasteiger partial charge in [0.05, 0.1) is 11.1 Å². The summed E-state index contributed by atoms with van der Waals surface area (Å²) in [5.41, 5.74) is 0.977. The zero-order chi connectivity index (χ0) is 22.4. The first kappa shape index (κ1) is 23.5. The van der Waals surface area contributed by atoms with Crippen molar-refractivity contribution in [2.75, 3.05) is 20.6 Å². The van der Waals surface area contributed by atoms with E-state index < -0.39 is 0 Å². The Morgan fingerprint density at radius 1 is 1.06 bits per heavy atom. The molecular weight excluding hydrogens is 459 g/mol. The summed E-state index contributed by atoms with van der Waals surface area (Å²) < 4.78 is 11.3. The summed E-state index contributed by atoms with van der Waals surface area (Å²) in [5.74, 6) is 0.853. The summed E-state index contributed by atoms with van der Waals surface area (Å²) >= 11 is 18.1. The van der Waals surface area contributed by atoms with Crippen LogP contribution in [0.5, 0.6) is 5.75 Å². The van der Waals surface area contributed by atoms with Crippen molar-refractivity contribution in [3.63, 3.8) is 0 Å². The number of nitrogens with zero attached hydrogens (tertiary/aromatic N) is 1. The fraction of sp³-hybridized carbons (Fsp3) is 0.261. The van der Waals surface area contributed by atoms with Gasteiger partial charge in [-0.15, -0.1) is 0 Å². The first-order valence-corrected chi connectivity index (χ1v) is 10.8. The number of hydrogen-bond acceptors (Lipinski definition) is 4. The molecule has 31 heavy (non-hydrogen) atoms. The minimum absolute atomic E-state index is 0.120. The number of benzene rings is 2. The Hall–Kier alpha value is -2.18. The Morgan fingerprint density at radius 3 is 2.52 bits per heavy atom. The van der Waals surface area contributed by atoms with E-state index in [0.717, 1.165) is 18.5 Å². The minimum Gasteiger partial charge on any atom is -0.484 e. The highest BCUT2D eigenvalue weighted by Gasteiger charge is 2.19. The van der Waals surface area contributed by atoms with Crippen molar-refractivity contribution in [3.8, 4) is 5.75 Å². The fourth-order valence-corrected chi connectivity index (χ4v) is 3.43. The van der Waals surface area contributed by atoms with Gasteiger partial charge in [0.25, 0.3) is 5.91 Å². The molecule has 164 valence electrons. The van der Waals surface area contributed by atoms with Crippen molar-refractivity contribution < 1.29 is 13.9 Å². The highest BCUT2D eigenvalue weighted by atomic mass is 35.5. The van der Waals surface area contributed by atoms with Crippen LogP contribution in [0, 0.1) is 0 Å². The average Bonchev–Trinajstić information content (AvgIpc) is 3.22. The van der Waals surface area contributed by atoms with E-state index >= 15 is 0 Å². The van der Waals surface area contributed by atoms with Gasteiger partial charge in [0.15, 0.2) is 5.76 Å². The van der Waals surface area contributed by atoms with Gasteiger partial charge in [-0.25, -0.2) is 0 Å². The second kappa shape index (κ2) is 10.9. The Kier molecular flexibility index (Phi) is 8.27. The van der Waals surface area contributed by atoms with Crippen LogP contribution in [0.4, 0.5) is 0 Å². The zero-order valence-corrected chi connectivity index (χ0v) is 19.5. The van der Waals surface area contributed by atoms with Crippen molar-refractivity contribution in [2.45, 2.75) is 19.1 Å². The number of furan rings is 1. The fourth-order valence-electron chi connectivity index (χ4n) is 2.96. The van der Waals surface area contributed by atoms with Crippen LogP contribution in [0.2, 0.25) is 15.1 Å². The molecule has 0 aliphatic rings. The molecule has 0 spiro atoms. The van der Waals surface area contributed by atoms with Crippen LogP contribution >= 0.6 is 34.8 Å². The summed E-state index contributed by atoms with van der Waals surface area (Å²) in [5, 5.41) is 4.44. The predicted octanol–water partition coefficient (Wildman–Crippen LogP) is 6.24. The summed E-state index contributed by atoms with van der Waals surface area (Å²) in [6.07, 6.45) is 0.740. The van der Waals surface area contributed by atoms with E-state index in [1.807, 2.05) is 38.4 Å². The van der Waals surface area contributed by atoms with Crippen molar-refractivity contribution in [1.82, 2.24) is 10.2 Å². The molecule has 0 bridgehead atoms. The molecule has 5 nitrogen and oxygen atoms in total. The number of nitrogens with one attached hydrogen (secondary N) is 1. The molecule has 0 aliphatic carbocycles. The van der Waals surface area contributed by atoms with Gasteiger partial charge in [-0.1, -0.05) is 53.0 Å². The molecule has 0 radical (unpaired) electrons. The highest BCUT2D eigenvalue weighted by Crippen LogP contribution is 2.32. The van der Waals surface area contributed by atoms with Gasteiger partial charge in [0.1, 0.15) is 23.1 Å². The summed E-state index contributed by atoms with van der Waals surface area (Å²) in [6, 6.07) is 15.7. The molecule has 1 amide bonds. The lowest BCUT2D eigenvalue weighted by Crippen LogP contribution is -2.30. The highest BCUT2D eigenvalue weighted by molar-refractivity contribution is 6.42. The van der Waals surface area contributed by atoms with Crippen LogP contribution in [0.15, 0.2) is 59.0 Å². The van der Waals surface area contributed by atoms with Crippen LogP contribution < -0.4 is 10.1 Å². The van der Waals surface area contributed by atoms with Crippen LogP contribution in [0.3, 0.4) is 0 Å². The first-order chi connectivity index (χ1) is 14.8. The average molecular weight is 482 g/mol. The van der Waals surface area contributed by atoms with Crippen molar-refractivity contribution in [2.24, 2.45) is 0 Å². The minimum atomic E-state index is -0.300. The van der Waals surface area contributed by atoms with Crippen LogP contribution in [-0.4, -0.2) is 31.4 Å². The van der Waals surface area contributed by atoms with Gasteiger partial charge in [0.2, 0.25) is 0 Å². The van der Waals surface area contributed by atoms with Crippen LogP contribution in [0.1, 0.15) is 34.3 Å². The molecular formula is C23H23Cl3N2O3. The second-order valence-electron chi connectivity index (χ2n) is 7.28. The molecule has 1 heterocycles. The Bertz CT molecular complexity index is 1020. The van der Waals surface area contributed by atoms with Crippen molar-refractivity contribution in [3.05, 3.63) is 86.7 Å². The van der Waals surface area contributed by atoms with Gasteiger partial charge in [-0.05, 0) is 69.0 Å². The monoisotopic (exact) mass is 480 g/mol. The molecule has 1 N–H and O–H groups in total. The molecule has 0 aliphatic heterocycles. The molecule has 0 saturated carbocycles. The van der Waals surface area contributed by atoms with Crippen molar-refractivity contribution >= 4 is 40.7 Å². The normalized spacial score (nSPS) is 12.1. The van der Waals surface area contributed by atoms with E-state index in [9.17, 15) is 4.79 Å². The molecule has 1 unspecified atom stereocenters. The van der Waals surface area contributed by atoms with Crippen LogP contribution in [-0.2, 0) is 6.61 Å². The maximum atomic E-state index is 12.8. The van der Waals surface area contributed by atoms with Crippen molar-refractivity contribution in [1.29, 1.82) is 0 Å². The van der Waals surface area contributed by atoms with E-state index in [-0.39, 0.29) is 24.3 Å². The standard InChI is InChI=1S/C23H23Cl3N2O3/c1-28(2)13-12-19(15-6-8-16(24)9-7-15)27-23(29)21-11-10-17(31-21)14-30-20-5-3-4-18(25)22(20)26/h3-11,19H,12-14H2,1-2H3,(H,27,29). The zero-order valence-electron chi connectivity index (χ0n) is 17.2. The lowest BCUT2D eigenvalue weighted by atomic mass is 10.0. The Morgan fingerprint density at radius 2 is 1.81 bits per heavy atom. The number of rotatable bonds is 9. The molecule has 1 atom stereocenters. The van der Waals surface area contributed by atoms with Gasteiger partial charge in [-0.2, -0.15) is 0 Å². The first-order valence-electron chi connectivity index (χ1n) is 9.70. The van der Waals surface area contributed by atoms with E-state index in [4.69, 9.17) is 44.0 Å². The number of amides is 1. The summed E-state index contributed by atoms with van der Waals surface area (Å²) in [7, 11) is 3.98. The third-order valence-electron chi connectivity index (χ3n) is 4.61. The third kappa shape index (κ3) is 6.65. The molecule has 3 rings (SSSR count). The number of hydrogen-bond donors (Lipinski definition) is 1. The van der Waals surface area contributed by atoms with Gasteiger partial charge in [-0.3, -0.25) is 4.79 Å². The smallest absolute Gasteiger partial charge is 0.287 e. The molecule has 3 aromatic rings. The lowest BCUT2D eigenvalue weighted by Gasteiger charge is -2.21. The Balaban J connectivity index is 1.66. The number of ether oxygens (including phenoxy) is 1. The second-order valence-corrected chi connectivity index (χ2v) is 8.50. The summed E-state index contributed by atoms with van der Waals surface area (Å²) in [6.45, 7) is 0.930. The van der Waals surface area contributed by atoms with E-state index in [0.29, 0.717) is 26.6 Å². The third-order valence-corrected chi connectivity index (χ3v) is 5.67. The maximum absolute atomic E-state index is 12.8. The Labute approximate surface area is 196 Å². The molecule has 8 heteroatoms. The number of halogens is 3. The topological polar surface area (TPSA) is 54.7 Å².